The van der Waals surface area contributed by atoms with E-state index in [1.807, 2.05) is 87.5 Å². The summed E-state index contributed by atoms with van der Waals surface area (Å²) < 4.78 is 26.6. The van der Waals surface area contributed by atoms with E-state index in [9.17, 15) is 18.0 Å². The van der Waals surface area contributed by atoms with Gasteiger partial charge in [0.25, 0.3) is 0 Å². The second kappa shape index (κ2) is 14.7. The van der Waals surface area contributed by atoms with Gasteiger partial charge in [-0.15, -0.1) is 0 Å². The van der Waals surface area contributed by atoms with Gasteiger partial charge in [-0.3, -0.25) is 13.9 Å². The van der Waals surface area contributed by atoms with Gasteiger partial charge in [-0.1, -0.05) is 73.7 Å². The Morgan fingerprint density at radius 3 is 2.12 bits per heavy atom. The van der Waals surface area contributed by atoms with Crippen molar-refractivity contribution in [3.63, 3.8) is 0 Å². The van der Waals surface area contributed by atoms with E-state index in [1.54, 1.807) is 17.0 Å². The molecule has 214 valence electrons. The topological polar surface area (TPSA) is 86.8 Å². The summed E-state index contributed by atoms with van der Waals surface area (Å²) in [6, 6.07) is 24.2. The summed E-state index contributed by atoms with van der Waals surface area (Å²) in [5.41, 5.74) is 4.66. The van der Waals surface area contributed by atoms with E-state index in [2.05, 4.69) is 5.32 Å². The molecule has 40 heavy (non-hydrogen) atoms. The van der Waals surface area contributed by atoms with Crippen molar-refractivity contribution >= 4 is 27.5 Å². The summed E-state index contributed by atoms with van der Waals surface area (Å²) in [5, 5.41) is 2.91. The lowest BCUT2D eigenvalue weighted by Gasteiger charge is -2.32. The zero-order valence-electron chi connectivity index (χ0n) is 24.0. The molecule has 0 unspecified atom stereocenters. The van der Waals surface area contributed by atoms with Crippen LogP contribution in [0, 0.1) is 6.92 Å². The third kappa shape index (κ3) is 8.68. The van der Waals surface area contributed by atoms with Crippen molar-refractivity contribution in [3.8, 4) is 0 Å². The van der Waals surface area contributed by atoms with Crippen molar-refractivity contribution in [2.24, 2.45) is 0 Å². The van der Waals surface area contributed by atoms with Crippen LogP contribution < -0.4 is 9.62 Å². The van der Waals surface area contributed by atoms with Crippen LogP contribution >= 0.6 is 0 Å². The highest BCUT2D eigenvalue weighted by atomic mass is 32.2. The van der Waals surface area contributed by atoms with E-state index in [1.165, 1.54) is 10.6 Å². The van der Waals surface area contributed by atoms with Gasteiger partial charge in [0.05, 0.1) is 11.9 Å². The van der Waals surface area contributed by atoms with Gasteiger partial charge in [-0.05, 0) is 61.1 Å². The van der Waals surface area contributed by atoms with E-state index in [0.29, 0.717) is 25.1 Å². The quantitative estimate of drug-likeness (QED) is 0.303. The van der Waals surface area contributed by atoms with Crippen LogP contribution in [0.2, 0.25) is 0 Å². The summed E-state index contributed by atoms with van der Waals surface area (Å²) in [7, 11) is -3.54. The van der Waals surface area contributed by atoms with Gasteiger partial charge < -0.3 is 10.2 Å². The molecule has 0 spiro atoms. The number of likely N-dealkylation sites (N-methyl/N-ethyl adjacent to an activating group) is 1. The summed E-state index contributed by atoms with van der Waals surface area (Å²) in [5.74, 6) is -0.396. The minimum Gasteiger partial charge on any atom is -0.355 e. The first-order valence-electron chi connectivity index (χ1n) is 13.9. The van der Waals surface area contributed by atoms with Crippen LogP contribution in [0.1, 0.15) is 48.9 Å². The molecule has 0 aliphatic carbocycles. The Bertz CT molecular complexity index is 1360. The predicted octanol–water partition coefficient (Wildman–Crippen LogP) is 4.88. The van der Waals surface area contributed by atoms with Gasteiger partial charge in [0, 0.05) is 32.5 Å². The molecular weight excluding hydrogens is 522 g/mol. The molecular formula is C32H41N3O4S. The molecule has 0 saturated carbocycles. The van der Waals surface area contributed by atoms with Crippen LogP contribution in [0.15, 0.2) is 78.9 Å². The van der Waals surface area contributed by atoms with Gasteiger partial charge in [0.2, 0.25) is 21.8 Å². The molecule has 0 aliphatic heterocycles. The first kappa shape index (κ1) is 30.9. The molecule has 1 atom stereocenters. The Balaban J connectivity index is 1.86. The normalized spacial score (nSPS) is 12.0. The fraction of sp³-hybridized carbons (Fsp3) is 0.375. The number of carbonyl (C=O) groups excluding carboxylic acids is 2. The number of carbonyl (C=O) groups is 2. The van der Waals surface area contributed by atoms with Crippen LogP contribution in [-0.4, -0.2) is 50.5 Å². The second-order valence-corrected chi connectivity index (χ2v) is 11.9. The monoisotopic (exact) mass is 563 g/mol. The van der Waals surface area contributed by atoms with Crippen molar-refractivity contribution in [2.75, 3.05) is 23.7 Å². The minimum atomic E-state index is -3.54. The molecule has 0 fully saturated rings. The predicted molar refractivity (Wildman–Crippen MR) is 162 cm³/mol. The van der Waals surface area contributed by atoms with Crippen molar-refractivity contribution < 1.29 is 18.0 Å². The van der Waals surface area contributed by atoms with Gasteiger partial charge >= 0.3 is 0 Å². The lowest BCUT2D eigenvalue weighted by molar-refractivity contribution is -0.141. The van der Waals surface area contributed by atoms with E-state index in [0.717, 1.165) is 28.7 Å². The lowest BCUT2D eigenvalue weighted by atomic mass is 10.0. The summed E-state index contributed by atoms with van der Waals surface area (Å²) in [6.45, 7) is 6.80. The van der Waals surface area contributed by atoms with Gasteiger partial charge in [0.1, 0.15) is 6.04 Å². The molecule has 0 radical (unpaired) electrons. The molecule has 2 amide bonds. The lowest BCUT2D eigenvalue weighted by Crippen LogP contribution is -2.50. The zero-order chi connectivity index (χ0) is 29.1. The Morgan fingerprint density at radius 1 is 0.875 bits per heavy atom. The zero-order valence-corrected chi connectivity index (χ0v) is 24.8. The van der Waals surface area contributed by atoms with Gasteiger partial charge in [-0.2, -0.15) is 0 Å². The first-order valence-corrected chi connectivity index (χ1v) is 15.7. The average Bonchev–Trinajstić information content (AvgIpc) is 2.94. The number of nitrogens with one attached hydrogen (secondary N) is 1. The minimum absolute atomic E-state index is 0.107. The summed E-state index contributed by atoms with van der Waals surface area (Å²) >= 11 is 0. The van der Waals surface area contributed by atoms with Crippen LogP contribution in [0.5, 0.6) is 0 Å². The van der Waals surface area contributed by atoms with E-state index >= 15 is 0 Å². The largest absolute Gasteiger partial charge is 0.355 e. The molecule has 0 heterocycles. The number of rotatable bonds is 14. The maximum atomic E-state index is 13.8. The molecule has 0 saturated heterocycles. The van der Waals surface area contributed by atoms with E-state index in [-0.39, 0.29) is 31.3 Å². The number of hydrogen-bond acceptors (Lipinski definition) is 4. The SMILES string of the molecule is CCNC(=O)[C@H](Cc1ccccc1)N(Cc1ccccc1C)C(=O)CCCN(c1ccc(CC)cc1)S(C)(=O)=O. The standard InChI is InChI=1S/C32H41N3O4S/c1-5-26-18-20-29(21-19-26)35(40(4,38)39)22-12-17-31(36)34(24-28-16-11-10-13-25(28)3)30(32(37)33-6-2)23-27-14-8-7-9-15-27/h7-11,13-16,18-21,30H,5-6,12,17,22-24H2,1-4H3,(H,33,37)/t30-/m0/s1. The highest BCUT2D eigenvalue weighted by Crippen LogP contribution is 2.21. The van der Waals surface area contributed by atoms with E-state index in [4.69, 9.17) is 0 Å². The first-order chi connectivity index (χ1) is 19.1. The van der Waals surface area contributed by atoms with E-state index < -0.39 is 16.1 Å². The number of sulfonamides is 1. The van der Waals surface area contributed by atoms with Crippen LogP contribution in [0.4, 0.5) is 5.69 Å². The highest BCUT2D eigenvalue weighted by molar-refractivity contribution is 7.92. The molecule has 7 nitrogen and oxygen atoms in total. The van der Waals surface area contributed by atoms with Gasteiger partial charge in [-0.25, -0.2) is 8.42 Å². The van der Waals surface area contributed by atoms with Crippen molar-refractivity contribution in [1.29, 1.82) is 0 Å². The van der Waals surface area contributed by atoms with Crippen molar-refractivity contribution in [2.45, 2.75) is 59.0 Å². The highest BCUT2D eigenvalue weighted by Gasteiger charge is 2.30. The maximum absolute atomic E-state index is 13.8. The fourth-order valence-electron chi connectivity index (χ4n) is 4.72. The Labute approximate surface area is 239 Å². The second-order valence-electron chi connectivity index (χ2n) is 10.0. The Kier molecular flexibility index (Phi) is 11.3. The van der Waals surface area contributed by atoms with Crippen LogP contribution in [-0.2, 0) is 39.0 Å². The number of amides is 2. The van der Waals surface area contributed by atoms with Crippen LogP contribution in [0.3, 0.4) is 0 Å². The summed E-state index contributed by atoms with van der Waals surface area (Å²) in [6.07, 6.45) is 2.84. The number of benzene rings is 3. The third-order valence-electron chi connectivity index (χ3n) is 7.01. The molecule has 3 aromatic rings. The number of nitrogens with zero attached hydrogens (tertiary/aromatic N) is 2. The smallest absolute Gasteiger partial charge is 0.243 e. The molecule has 0 bridgehead atoms. The fourth-order valence-corrected chi connectivity index (χ4v) is 5.68. The van der Waals surface area contributed by atoms with Crippen molar-refractivity contribution in [1.82, 2.24) is 10.2 Å². The number of hydrogen-bond donors (Lipinski definition) is 1. The Morgan fingerprint density at radius 2 is 1.52 bits per heavy atom. The molecule has 0 aliphatic rings. The number of anilines is 1. The average molecular weight is 564 g/mol. The molecule has 3 rings (SSSR count). The molecule has 3 aromatic carbocycles. The maximum Gasteiger partial charge on any atom is 0.243 e. The summed E-state index contributed by atoms with van der Waals surface area (Å²) in [4.78, 5) is 28.8. The Hall–Kier alpha value is -3.65. The third-order valence-corrected chi connectivity index (χ3v) is 8.20. The molecule has 0 aromatic heterocycles. The number of aryl methyl sites for hydroxylation is 2. The van der Waals surface area contributed by atoms with Crippen molar-refractivity contribution in [3.05, 3.63) is 101 Å². The van der Waals surface area contributed by atoms with Crippen LogP contribution in [0.25, 0.3) is 0 Å². The molecule has 1 N–H and O–H groups in total. The molecule has 8 heteroatoms. The van der Waals surface area contributed by atoms with Gasteiger partial charge in [0.15, 0.2) is 0 Å².